The first-order valence-corrected chi connectivity index (χ1v) is 6.88. The predicted molar refractivity (Wildman–Crippen MR) is 58.6 cm³/mol. The zero-order chi connectivity index (χ0) is 8.84. The van der Waals surface area contributed by atoms with Crippen LogP contribution in [0.1, 0.15) is 32.1 Å². The van der Waals surface area contributed by atoms with Gasteiger partial charge >= 0.3 is 0 Å². The lowest BCUT2D eigenvalue weighted by molar-refractivity contribution is 0.0700. The van der Waals surface area contributed by atoms with Crippen LogP contribution in [0.2, 0.25) is 0 Å². The van der Waals surface area contributed by atoms with Crippen molar-refractivity contribution in [1.82, 2.24) is 0 Å². The van der Waals surface area contributed by atoms with Crippen LogP contribution >= 0.6 is 11.8 Å². The lowest BCUT2D eigenvalue weighted by Crippen LogP contribution is -2.40. The van der Waals surface area contributed by atoms with Crippen LogP contribution in [0, 0.1) is 23.7 Å². The molecule has 4 saturated carbocycles. The average molecular weight is 194 g/mol. The molecule has 4 fully saturated rings. The summed E-state index contributed by atoms with van der Waals surface area (Å²) in [4.78, 5) is 0. The molecule has 1 heteroatoms. The number of hydrogen-bond acceptors (Lipinski definition) is 1. The van der Waals surface area contributed by atoms with Gasteiger partial charge in [-0.3, -0.25) is 0 Å². The van der Waals surface area contributed by atoms with Gasteiger partial charge in [-0.25, -0.2) is 0 Å². The molecule has 0 N–H and O–H groups in total. The molecule has 4 aliphatic carbocycles. The number of rotatable bonds is 1. The molecule has 13 heavy (non-hydrogen) atoms. The zero-order valence-corrected chi connectivity index (χ0v) is 9.15. The second-order valence-electron chi connectivity index (χ2n) is 5.16. The molecule has 0 saturated heterocycles. The van der Waals surface area contributed by atoms with Crippen LogP contribution in [0.5, 0.6) is 0 Å². The van der Waals surface area contributed by atoms with Gasteiger partial charge in [0.25, 0.3) is 0 Å². The second kappa shape index (κ2) is 3.05. The highest BCUT2D eigenvalue weighted by Gasteiger charge is 2.44. The summed E-state index contributed by atoms with van der Waals surface area (Å²) in [6, 6.07) is 0. The first-order valence-electron chi connectivity index (χ1n) is 5.59. The summed E-state index contributed by atoms with van der Waals surface area (Å²) in [5, 5.41) is 2.47. The molecule has 0 nitrogen and oxygen atoms in total. The normalized spacial score (nSPS) is 47.0. The van der Waals surface area contributed by atoms with E-state index in [0.29, 0.717) is 0 Å². The maximum absolute atomic E-state index is 2.47. The fourth-order valence-corrected chi connectivity index (χ4v) is 4.71. The molecule has 4 bridgehead atoms. The Kier molecular flexibility index (Phi) is 1.97. The van der Waals surface area contributed by atoms with Crippen molar-refractivity contribution < 1.29 is 0 Å². The standard InChI is InChI=1S/C12H18S/c1-13-7-12-10-3-8-2-9(5-10)6-11(12)4-8/h7-11H,2-6H2,1H3. The van der Waals surface area contributed by atoms with E-state index in [1.807, 2.05) is 17.3 Å². The Labute approximate surface area is 85.2 Å². The number of allylic oxidation sites excluding steroid dienone is 1. The van der Waals surface area contributed by atoms with E-state index >= 15 is 0 Å². The summed E-state index contributed by atoms with van der Waals surface area (Å²) in [6.07, 6.45) is 9.88. The molecule has 0 radical (unpaired) electrons. The van der Waals surface area contributed by atoms with Crippen molar-refractivity contribution >= 4 is 11.8 Å². The Morgan fingerprint density at radius 3 is 2.00 bits per heavy atom. The van der Waals surface area contributed by atoms with E-state index in [4.69, 9.17) is 0 Å². The number of thioether (sulfide) groups is 1. The minimum absolute atomic E-state index is 1.00. The molecule has 0 aromatic heterocycles. The monoisotopic (exact) mass is 194 g/mol. The average Bonchev–Trinajstić information content (AvgIpc) is 2.10. The Balaban J connectivity index is 1.89. The summed E-state index contributed by atoms with van der Waals surface area (Å²) in [5.74, 6) is 4.23. The molecule has 72 valence electrons. The van der Waals surface area contributed by atoms with E-state index in [1.165, 1.54) is 25.7 Å². The summed E-state index contributed by atoms with van der Waals surface area (Å²) >= 11 is 1.92. The quantitative estimate of drug-likeness (QED) is 0.613. The van der Waals surface area contributed by atoms with E-state index in [9.17, 15) is 0 Å². The molecule has 0 aliphatic heterocycles. The Bertz CT molecular complexity index is 212. The van der Waals surface area contributed by atoms with Gasteiger partial charge in [-0.1, -0.05) is 5.57 Å². The molecule has 0 heterocycles. The van der Waals surface area contributed by atoms with Gasteiger partial charge in [0.15, 0.2) is 0 Å². The second-order valence-corrected chi connectivity index (χ2v) is 5.87. The SMILES string of the molecule is CSC=C1C2CC3CC(C2)CC1C3. The van der Waals surface area contributed by atoms with Crippen LogP contribution in [-0.2, 0) is 0 Å². The topological polar surface area (TPSA) is 0 Å². The van der Waals surface area contributed by atoms with Crippen molar-refractivity contribution in [3.63, 3.8) is 0 Å². The van der Waals surface area contributed by atoms with E-state index in [0.717, 1.165) is 23.7 Å². The van der Waals surface area contributed by atoms with Crippen molar-refractivity contribution in [2.75, 3.05) is 6.26 Å². The van der Waals surface area contributed by atoms with Crippen LogP contribution in [0.4, 0.5) is 0 Å². The third-order valence-electron chi connectivity index (χ3n) is 4.33. The molecule has 0 aromatic rings. The molecule has 4 rings (SSSR count). The Morgan fingerprint density at radius 2 is 1.54 bits per heavy atom. The van der Waals surface area contributed by atoms with Gasteiger partial charge in [0.2, 0.25) is 0 Å². The van der Waals surface area contributed by atoms with Crippen molar-refractivity contribution in [3.8, 4) is 0 Å². The lowest BCUT2D eigenvalue weighted by atomic mass is 9.54. The van der Waals surface area contributed by atoms with Gasteiger partial charge in [-0.2, -0.15) is 0 Å². The highest BCUT2D eigenvalue weighted by Crippen LogP contribution is 2.56. The highest BCUT2D eigenvalue weighted by atomic mass is 32.2. The van der Waals surface area contributed by atoms with Gasteiger partial charge in [-0.05, 0) is 67.4 Å². The maximum Gasteiger partial charge on any atom is -0.0142 e. The molecular weight excluding hydrogens is 176 g/mol. The summed E-state index contributed by atoms with van der Waals surface area (Å²) in [5.41, 5.74) is 1.83. The molecule has 0 aromatic carbocycles. The van der Waals surface area contributed by atoms with Gasteiger partial charge in [0.1, 0.15) is 0 Å². The van der Waals surface area contributed by atoms with Gasteiger partial charge in [0, 0.05) is 0 Å². The van der Waals surface area contributed by atoms with Gasteiger partial charge in [0.05, 0.1) is 0 Å². The van der Waals surface area contributed by atoms with Crippen LogP contribution in [-0.4, -0.2) is 6.26 Å². The molecule has 0 unspecified atom stereocenters. The summed E-state index contributed by atoms with van der Waals surface area (Å²) < 4.78 is 0. The smallest absolute Gasteiger partial charge is 0.0142 e. The van der Waals surface area contributed by atoms with Crippen LogP contribution < -0.4 is 0 Å². The van der Waals surface area contributed by atoms with E-state index in [-0.39, 0.29) is 0 Å². The zero-order valence-electron chi connectivity index (χ0n) is 8.33. The fourth-order valence-electron chi connectivity index (χ4n) is 4.06. The largest absolute Gasteiger partial charge is 0.138 e. The molecule has 0 amide bonds. The van der Waals surface area contributed by atoms with E-state index in [2.05, 4.69) is 11.7 Å². The van der Waals surface area contributed by atoms with Crippen molar-refractivity contribution in [2.24, 2.45) is 23.7 Å². The van der Waals surface area contributed by atoms with E-state index < -0.39 is 0 Å². The molecule has 4 aliphatic rings. The van der Waals surface area contributed by atoms with Gasteiger partial charge < -0.3 is 0 Å². The molecule has 0 spiro atoms. The summed E-state index contributed by atoms with van der Waals surface area (Å²) in [6.45, 7) is 0. The maximum atomic E-state index is 2.47. The number of hydrogen-bond donors (Lipinski definition) is 0. The van der Waals surface area contributed by atoms with Gasteiger partial charge in [-0.15, -0.1) is 11.8 Å². The third-order valence-corrected chi connectivity index (χ3v) is 4.84. The van der Waals surface area contributed by atoms with Crippen LogP contribution in [0.3, 0.4) is 0 Å². The lowest BCUT2D eigenvalue weighted by Gasteiger charge is -2.51. The Morgan fingerprint density at radius 1 is 1.00 bits per heavy atom. The van der Waals surface area contributed by atoms with Crippen LogP contribution in [0.25, 0.3) is 0 Å². The minimum atomic E-state index is 1.00. The summed E-state index contributed by atoms with van der Waals surface area (Å²) in [7, 11) is 0. The van der Waals surface area contributed by atoms with Crippen molar-refractivity contribution in [2.45, 2.75) is 32.1 Å². The van der Waals surface area contributed by atoms with Crippen LogP contribution in [0.15, 0.2) is 11.0 Å². The fraction of sp³-hybridized carbons (Fsp3) is 0.833. The molecular formula is C12H18S. The van der Waals surface area contributed by atoms with Crippen molar-refractivity contribution in [3.05, 3.63) is 11.0 Å². The first kappa shape index (κ1) is 8.40. The van der Waals surface area contributed by atoms with E-state index in [1.54, 1.807) is 6.42 Å². The molecule has 0 atom stereocenters. The Hall–Kier alpha value is 0.0900. The van der Waals surface area contributed by atoms with Crippen molar-refractivity contribution in [1.29, 1.82) is 0 Å². The highest BCUT2D eigenvalue weighted by molar-refractivity contribution is 8.01. The minimum Gasteiger partial charge on any atom is -0.138 e. The third kappa shape index (κ3) is 1.27. The predicted octanol–water partition coefficient (Wildman–Crippen LogP) is 3.69. The first-order chi connectivity index (χ1) is 6.36.